The van der Waals surface area contributed by atoms with Gasteiger partial charge in [-0.05, 0) is 37.0 Å². The van der Waals surface area contributed by atoms with E-state index in [1.165, 1.54) is 0 Å². The molecule has 1 saturated heterocycles. The van der Waals surface area contributed by atoms with Gasteiger partial charge >= 0.3 is 0 Å². The van der Waals surface area contributed by atoms with Crippen molar-refractivity contribution in [3.63, 3.8) is 0 Å². The molecule has 1 aliphatic heterocycles. The quantitative estimate of drug-likeness (QED) is 0.846. The van der Waals surface area contributed by atoms with Crippen LogP contribution in [0, 0.1) is 11.3 Å². The molecule has 0 saturated carbocycles. The van der Waals surface area contributed by atoms with E-state index in [1.54, 1.807) is 18.0 Å². The molecule has 20 heavy (non-hydrogen) atoms. The lowest BCUT2D eigenvalue weighted by Crippen LogP contribution is -2.31. The van der Waals surface area contributed by atoms with Gasteiger partial charge in [0.15, 0.2) is 0 Å². The summed E-state index contributed by atoms with van der Waals surface area (Å²) in [6.45, 7) is 1.30. The number of amides is 1. The van der Waals surface area contributed by atoms with Gasteiger partial charge in [0, 0.05) is 20.2 Å². The average molecular weight is 272 g/mol. The van der Waals surface area contributed by atoms with Crippen molar-refractivity contribution in [2.24, 2.45) is 0 Å². The standard InChI is InChI=1S/C16H20N2O2/c1-18(12-14-6-4-5-13(9-14)11-17)16(19)10-15-7-2-3-8-20-15/h4-6,9,15H,2-3,7-8,10,12H2,1H3. The molecule has 1 unspecified atom stereocenters. The molecule has 4 heteroatoms. The smallest absolute Gasteiger partial charge is 0.225 e. The largest absolute Gasteiger partial charge is 0.378 e. The van der Waals surface area contributed by atoms with Gasteiger partial charge in [-0.2, -0.15) is 5.26 Å². The number of ether oxygens (including phenoxy) is 1. The topological polar surface area (TPSA) is 53.3 Å². The van der Waals surface area contributed by atoms with Gasteiger partial charge in [0.2, 0.25) is 5.91 Å². The highest BCUT2D eigenvalue weighted by Crippen LogP contribution is 2.17. The lowest BCUT2D eigenvalue weighted by atomic mass is 10.1. The molecule has 0 aromatic heterocycles. The lowest BCUT2D eigenvalue weighted by Gasteiger charge is -2.25. The fourth-order valence-corrected chi connectivity index (χ4v) is 2.42. The summed E-state index contributed by atoms with van der Waals surface area (Å²) in [7, 11) is 1.80. The highest BCUT2D eigenvalue weighted by Gasteiger charge is 2.19. The first-order valence-corrected chi connectivity index (χ1v) is 7.03. The Morgan fingerprint density at radius 3 is 3.05 bits per heavy atom. The SMILES string of the molecule is CN(Cc1cccc(C#N)c1)C(=O)CC1CCCCO1. The van der Waals surface area contributed by atoms with Crippen LogP contribution in [0.5, 0.6) is 0 Å². The number of hydrogen-bond donors (Lipinski definition) is 0. The number of carbonyl (C=O) groups is 1. The zero-order valence-electron chi connectivity index (χ0n) is 11.8. The van der Waals surface area contributed by atoms with Crippen LogP contribution in [-0.2, 0) is 16.1 Å². The van der Waals surface area contributed by atoms with E-state index in [1.807, 2.05) is 18.2 Å². The lowest BCUT2D eigenvalue weighted by molar-refractivity contribution is -0.134. The van der Waals surface area contributed by atoms with Gasteiger partial charge in [-0.3, -0.25) is 4.79 Å². The van der Waals surface area contributed by atoms with Crippen LogP contribution in [0.2, 0.25) is 0 Å². The van der Waals surface area contributed by atoms with Crippen molar-refractivity contribution in [1.29, 1.82) is 5.26 Å². The van der Waals surface area contributed by atoms with Crippen LogP contribution in [0.4, 0.5) is 0 Å². The van der Waals surface area contributed by atoms with Crippen LogP contribution in [0.3, 0.4) is 0 Å². The first kappa shape index (κ1) is 14.5. The minimum absolute atomic E-state index is 0.0733. The maximum absolute atomic E-state index is 12.2. The molecule has 0 radical (unpaired) electrons. The minimum Gasteiger partial charge on any atom is -0.378 e. The van der Waals surface area contributed by atoms with E-state index in [0.717, 1.165) is 31.4 Å². The van der Waals surface area contributed by atoms with E-state index < -0.39 is 0 Å². The Labute approximate surface area is 120 Å². The van der Waals surface area contributed by atoms with Gasteiger partial charge in [0.1, 0.15) is 0 Å². The van der Waals surface area contributed by atoms with Crippen molar-refractivity contribution >= 4 is 5.91 Å². The van der Waals surface area contributed by atoms with E-state index in [-0.39, 0.29) is 12.0 Å². The van der Waals surface area contributed by atoms with E-state index in [9.17, 15) is 4.79 Å². The molecular formula is C16H20N2O2. The Kier molecular flexibility index (Phi) is 5.14. The first-order valence-electron chi connectivity index (χ1n) is 7.03. The number of nitriles is 1. The first-order chi connectivity index (χ1) is 9.69. The van der Waals surface area contributed by atoms with E-state index in [4.69, 9.17) is 10.00 Å². The highest BCUT2D eigenvalue weighted by atomic mass is 16.5. The molecule has 1 heterocycles. The number of nitrogens with zero attached hydrogens (tertiary/aromatic N) is 2. The van der Waals surface area contributed by atoms with Crippen LogP contribution in [-0.4, -0.2) is 30.6 Å². The molecule has 1 fully saturated rings. The zero-order valence-corrected chi connectivity index (χ0v) is 11.8. The summed E-state index contributed by atoms with van der Waals surface area (Å²) in [6, 6.07) is 9.47. The Morgan fingerprint density at radius 1 is 1.50 bits per heavy atom. The summed E-state index contributed by atoms with van der Waals surface area (Å²) in [6.07, 6.45) is 3.75. The van der Waals surface area contributed by atoms with Crippen molar-refractivity contribution in [2.75, 3.05) is 13.7 Å². The number of carbonyl (C=O) groups excluding carboxylic acids is 1. The third-order valence-electron chi connectivity index (χ3n) is 3.58. The normalized spacial score (nSPS) is 18.3. The van der Waals surface area contributed by atoms with E-state index in [2.05, 4.69) is 6.07 Å². The van der Waals surface area contributed by atoms with Crippen molar-refractivity contribution in [3.05, 3.63) is 35.4 Å². The second kappa shape index (κ2) is 7.06. The highest BCUT2D eigenvalue weighted by molar-refractivity contribution is 5.76. The zero-order chi connectivity index (χ0) is 14.4. The molecule has 2 rings (SSSR count). The van der Waals surface area contributed by atoms with Crippen molar-refractivity contribution in [2.45, 2.75) is 38.3 Å². The fourth-order valence-electron chi connectivity index (χ4n) is 2.42. The summed E-state index contributed by atoms with van der Waals surface area (Å²) >= 11 is 0. The summed E-state index contributed by atoms with van der Waals surface area (Å²) in [5.41, 5.74) is 1.60. The maximum atomic E-state index is 12.2. The Hall–Kier alpha value is -1.86. The molecule has 0 aliphatic carbocycles. The van der Waals surface area contributed by atoms with Gasteiger partial charge in [-0.25, -0.2) is 0 Å². The van der Waals surface area contributed by atoms with Crippen LogP contribution in [0.25, 0.3) is 0 Å². The third-order valence-corrected chi connectivity index (χ3v) is 3.58. The predicted molar refractivity (Wildman–Crippen MR) is 75.8 cm³/mol. The molecule has 1 aromatic rings. The Bertz CT molecular complexity index is 501. The molecule has 1 aliphatic rings. The van der Waals surface area contributed by atoms with Gasteiger partial charge in [-0.15, -0.1) is 0 Å². The van der Waals surface area contributed by atoms with Gasteiger partial charge in [0.05, 0.1) is 24.2 Å². The Balaban J connectivity index is 1.88. The van der Waals surface area contributed by atoms with Crippen LogP contribution in [0.1, 0.15) is 36.8 Å². The molecule has 0 N–H and O–H groups in total. The molecular weight excluding hydrogens is 252 g/mol. The maximum Gasteiger partial charge on any atom is 0.225 e. The molecule has 0 spiro atoms. The fraction of sp³-hybridized carbons (Fsp3) is 0.500. The summed E-state index contributed by atoms with van der Waals surface area (Å²) in [5, 5.41) is 8.87. The summed E-state index contributed by atoms with van der Waals surface area (Å²) in [4.78, 5) is 13.9. The number of benzene rings is 1. The predicted octanol–water partition coefficient (Wildman–Crippen LogP) is 2.48. The molecule has 0 bridgehead atoms. The summed E-state index contributed by atoms with van der Waals surface area (Å²) in [5.74, 6) is 0.0965. The van der Waals surface area contributed by atoms with Crippen molar-refractivity contribution < 1.29 is 9.53 Å². The van der Waals surface area contributed by atoms with Gasteiger partial charge < -0.3 is 9.64 Å². The third kappa shape index (κ3) is 4.07. The van der Waals surface area contributed by atoms with Gasteiger partial charge in [0.25, 0.3) is 0 Å². The molecule has 1 atom stereocenters. The minimum atomic E-state index is 0.0733. The van der Waals surface area contributed by atoms with Crippen molar-refractivity contribution in [1.82, 2.24) is 4.90 Å². The van der Waals surface area contributed by atoms with Crippen molar-refractivity contribution in [3.8, 4) is 6.07 Å². The number of rotatable bonds is 4. The van der Waals surface area contributed by atoms with Crippen LogP contribution >= 0.6 is 0 Å². The Morgan fingerprint density at radius 2 is 2.35 bits per heavy atom. The van der Waals surface area contributed by atoms with E-state index >= 15 is 0 Å². The van der Waals surface area contributed by atoms with Crippen LogP contribution < -0.4 is 0 Å². The monoisotopic (exact) mass is 272 g/mol. The molecule has 1 amide bonds. The number of hydrogen-bond acceptors (Lipinski definition) is 3. The molecule has 4 nitrogen and oxygen atoms in total. The second-order valence-corrected chi connectivity index (χ2v) is 5.25. The average Bonchev–Trinajstić information content (AvgIpc) is 2.48. The van der Waals surface area contributed by atoms with Gasteiger partial charge in [-0.1, -0.05) is 12.1 Å². The second-order valence-electron chi connectivity index (χ2n) is 5.25. The molecule has 1 aromatic carbocycles. The van der Waals surface area contributed by atoms with E-state index in [0.29, 0.717) is 18.5 Å². The molecule has 106 valence electrons. The van der Waals surface area contributed by atoms with Crippen LogP contribution in [0.15, 0.2) is 24.3 Å². The summed E-state index contributed by atoms with van der Waals surface area (Å²) < 4.78 is 5.59.